The maximum absolute atomic E-state index is 6.08. The molecule has 0 spiro atoms. The third kappa shape index (κ3) is 3.07. The van der Waals surface area contributed by atoms with E-state index in [1.54, 1.807) is 0 Å². The van der Waals surface area contributed by atoms with Crippen molar-refractivity contribution in [2.24, 2.45) is 5.41 Å². The first-order valence-corrected chi connectivity index (χ1v) is 8.48. The van der Waals surface area contributed by atoms with Crippen LogP contribution in [0.5, 0.6) is 0 Å². The molecule has 0 radical (unpaired) electrons. The lowest BCUT2D eigenvalue weighted by Crippen LogP contribution is -2.56. The van der Waals surface area contributed by atoms with Gasteiger partial charge in [0.2, 0.25) is 0 Å². The minimum Gasteiger partial charge on any atom is -0.381 e. The molecule has 3 rings (SSSR count). The summed E-state index contributed by atoms with van der Waals surface area (Å²) >= 11 is 0. The van der Waals surface area contributed by atoms with Gasteiger partial charge in [0, 0.05) is 43.8 Å². The number of likely N-dealkylation sites (tertiary alicyclic amines) is 1. The van der Waals surface area contributed by atoms with Crippen LogP contribution in [0.15, 0.2) is 4.52 Å². The van der Waals surface area contributed by atoms with Crippen LogP contribution < -0.4 is 0 Å². The Bertz CT molecular complexity index is 483. The number of piperidine rings is 1. The van der Waals surface area contributed by atoms with Gasteiger partial charge in [0.05, 0.1) is 18.4 Å². The Balaban J connectivity index is 1.72. The standard InChI is InChI=1S/C17H28N2O3/c1-4-20-12-17-7-5-9-21-16(17)6-8-19(11-17)10-15-13(2)18-22-14(15)3/h16H,4-12H2,1-3H3/t16-,17-/m0/s1. The van der Waals surface area contributed by atoms with Crippen molar-refractivity contribution in [2.45, 2.75) is 52.7 Å². The van der Waals surface area contributed by atoms with Crippen LogP contribution in [0.2, 0.25) is 0 Å². The van der Waals surface area contributed by atoms with E-state index < -0.39 is 0 Å². The highest BCUT2D eigenvalue weighted by Crippen LogP contribution is 2.41. The number of ether oxygens (including phenoxy) is 2. The predicted octanol–water partition coefficient (Wildman–Crippen LogP) is 2.70. The van der Waals surface area contributed by atoms with Crippen LogP contribution in [0.25, 0.3) is 0 Å². The zero-order chi connectivity index (χ0) is 15.6. The van der Waals surface area contributed by atoms with Gasteiger partial charge in [0.25, 0.3) is 0 Å². The van der Waals surface area contributed by atoms with Crippen LogP contribution in [0.3, 0.4) is 0 Å². The lowest BCUT2D eigenvalue weighted by atomic mass is 9.73. The van der Waals surface area contributed by atoms with E-state index >= 15 is 0 Å². The third-order valence-electron chi connectivity index (χ3n) is 5.22. The van der Waals surface area contributed by atoms with Gasteiger partial charge >= 0.3 is 0 Å². The highest BCUT2D eigenvalue weighted by Gasteiger charge is 2.46. The first kappa shape index (κ1) is 16.0. The normalized spacial score (nSPS) is 29.5. The van der Waals surface area contributed by atoms with Gasteiger partial charge < -0.3 is 14.0 Å². The summed E-state index contributed by atoms with van der Waals surface area (Å²) in [6, 6.07) is 0. The average Bonchev–Trinajstić information content (AvgIpc) is 2.84. The van der Waals surface area contributed by atoms with E-state index in [9.17, 15) is 0 Å². The molecule has 1 aromatic rings. The Morgan fingerprint density at radius 3 is 3.00 bits per heavy atom. The van der Waals surface area contributed by atoms with E-state index in [1.165, 1.54) is 12.0 Å². The molecule has 5 heteroatoms. The molecule has 124 valence electrons. The van der Waals surface area contributed by atoms with E-state index in [1.807, 2.05) is 13.8 Å². The number of nitrogens with zero attached hydrogens (tertiary/aromatic N) is 2. The van der Waals surface area contributed by atoms with Gasteiger partial charge in [-0.05, 0) is 40.0 Å². The second-order valence-electron chi connectivity index (χ2n) is 6.76. The molecule has 2 aliphatic heterocycles. The van der Waals surface area contributed by atoms with E-state index in [0.29, 0.717) is 6.10 Å². The number of aryl methyl sites for hydroxylation is 2. The molecule has 2 fully saturated rings. The fraction of sp³-hybridized carbons (Fsp3) is 0.824. The van der Waals surface area contributed by atoms with Crippen molar-refractivity contribution in [3.8, 4) is 0 Å². The molecule has 22 heavy (non-hydrogen) atoms. The summed E-state index contributed by atoms with van der Waals surface area (Å²) in [5.41, 5.74) is 2.41. The molecule has 0 aromatic carbocycles. The van der Waals surface area contributed by atoms with E-state index in [4.69, 9.17) is 14.0 Å². The zero-order valence-electron chi connectivity index (χ0n) is 14.1. The molecule has 0 unspecified atom stereocenters. The van der Waals surface area contributed by atoms with Crippen LogP contribution >= 0.6 is 0 Å². The highest BCUT2D eigenvalue weighted by atomic mass is 16.5. The third-order valence-corrected chi connectivity index (χ3v) is 5.22. The minimum absolute atomic E-state index is 0.158. The monoisotopic (exact) mass is 308 g/mol. The summed E-state index contributed by atoms with van der Waals surface area (Å²) in [7, 11) is 0. The SMILES string of the molecule is CCOC[C@@]12CCCO[C@H]1CCN(Cc1c(C)noc1C)C2. The van der Waals surface area contributed by atoms with Crippen LogP contribution in [-0.2, 0) is 16.0 Å². The molecular formula is C17H28N2O3. The van der Waals surface area contributed by atoms with Gasteiger partial charge in [-0.25, -0.2) is 0 Å². The summed E-state index contributed by atoms with van der Waals surface area (Å²) in [5, 5.41) is 4.08. The molecule has 3 heterocycles. The fourth-order valence-corrected chi connectivity index (χ4v) is 3.98. The van der Waals surface area contributed by atoms with Gasteiger partial charge in [-0.2, -0.15) is 0 Å². The molecule has 0 amide bonds. The number of rotatable bonds is 5. The van der Waals surface area contributed by atoms with Crippen LogP contribution in [-0.4, -0.2) is 49.1 Å². The second kappa shape index (κ2) is 6.69. The maximum atomic E-state index is 6.08. The van der Waals surface area contributed by atoms with Crippen molar-refractivity contribution >= 4 is 0 Å². The summed E-state index contributed by atoms with van der Waals surface area (Å²) in [5.74, 6) is 0.943. The maximum Gasteiger partial charge on any atom is 0.138 e. The summed E-state index contributed by atoms with van der Waals surface area (Å²) < 4.78 is 17.2. The fourth-order valence-electron chi connectivity index (χ4n) is 3.98. The minimum atomic E-state index is 0.158. The van der Waals surface area contributed by atoms with Gasteiger partial charge in [-0.3, -0.25) is 4.90 Å². The Morgan fingerprint density at radius 2 is 2.27 bits per heavy atom. The van der Waals surface area contributed by atoms with E-state index in [0.717, 1.165) is 63.8 Å². The van der Waals surface area contributed by atoms with Crippen molar-refractivity contribution in [3.05, 3.63) is 17.0 Å². The predicted molar refractivity (Wildman–Crippen MR) is 83.8 cm³/mol. The van der Waals surface area contributed by atoms with Crippen molar-refractivity contribution in [1.29, 1.82) is 0 Å². The first-order chi connectivity index (χ1) is 10.6. The molecule has 2 saturated heterocycles. The van der Waals surface area contributed by atoms with Gasteiger partial charge in [0.1, 0.15) is 5.76 Å². The Kier molecular flexibility index (Phi) is 4.85. The molecule has 0 N–H and O–H groups in total. The Hall–Kier alpha value is -0.910. The molecule has 0 saturated carbocycles. The second-order valence-corrected chi connectivity index (χ2v) is 6.76. The lowest BCUT2D eigenvalue weighted by molar-refractivity contribution is -0.153. The van der Waals surface area contributed by atoms with Crippen LogP contribution in [0, 0.1) is 19.3 Å². The lowest BCUT2D eigenvalue weighted by Gasteiger charge is -2.50. The number of hydrogen-bond acceptors (Lipinski definition) is 5. The van der Waals surface area contributed by atoms with Gasteiger partial charge in [-0.1, -0.05) is 5.16 Å². The van der Waals surface area contributed by atoms with Crippen LogP contribution in [0.4, 0.5) is 0 Å². The molecule has 5 nitrogen and oxygen atoms in total. The summed E-state index contributed by atoms with van der Waals surface area (Å²) in [4.78, 5) is 2.52. The first-order valence-electron chi connectivity index (χ1n) is 8.48. The van der Waals surface area contributed by atoms with Gasteiger partial charge in [-0.15, -0.1) is 0 Å². The summed E-state index contributed by atoms with van der Waals surface area (Å²) in [6.45, 7) is 11.6. The highest BCUT2D eigenvalue weighted by molar-refractivity contribution is 5.20. The topological polar surface area (TPSA) is 47.7 Å². The largest absolute Gasteiger partial charge is 0.381 e. The van der Waals surface area contributed by atoms with Crippen molar-refractivity contribution < 1.29 is 14.0 Å². The van der Waals surface area contributed by atoms with E-state index in [2.05, 4.69) is 17.0 Å². The number of fused-ring (bicyclic) bond motifs is 1. The molecule has 0 bridgehead atoms. The van der Waals surface area contributed by atoms with Crippen molar-refractivity contribution in [2.75, 3.05) is 32.9 Å². The Morgan fingerprint density at radius 1 is 1.41 bits per heavy atom. The van der Waals surface area contributed by atoms with Crippen molar-refractivity contribution in [3.63, 3.8) is 0 Å². The quantitative estimate of drug-likeness (QED) is 0.837. The molecule has 1 aromatic heterocycles. The Labute approximate surface area is 132 Å². The number of aromatic nitrogens is 1. The van der Waals surface area contributed by atoms with Crippen LogP contribution in [0.1, 0.15) is 43.2 Å². The molecular weight excluding hydrogens is 280 g/mol. The molecule has 0 aliphatic carbocycles. The van der Waals surface area contributed by atoms with E-state index in [-0.39, 0.29) is 5.41 Å². The molecule has 2 atom stereocenters. The summed E-state index contributed by atoms with van der Waals surface area (Å²) in [6.07, 6.45) is 3.79. The average molecular weight is 308 g/mol. The van der Waals surface area contributed by atoms with Crippen molar-refractivity contribution in [1.82, 2.24) is 10.1 Å². The van der Waals surface area contributed by atoms with Gasteiger partial charge in [0.15, 0.2) is 0 Å². The number of hydrogen-bond donors (Lipinski definition) is 0. The smallest absolute Gasteiger partial charge is 0.138 e. The molecule has 2 aliphatic rings. The zero-order valence-corrected chi connectivity index (χ0v) is 14.1.